The lowest BCUT2D eigenvalue weighted by atomic mass is 10.0. The maximum atomic E-state index is 14.4. The lowest BCUT2D eigenvalue weighted by Crippen LogP contribution is -2.30. The molecule has 1 fully saturated rings. The molecule has 0 N–H and O–H groups in total. The predicted octanol–water partition coefficient (Wildman–Crippen LogP) is 5.07. The molecule has 2 aromatic rings. The Morgan fingerprint density at radius 2 is 1.77 bits per heavy atom. The molecule has 0 unspecified atom stereocenters. The number of alkyl halides is 4. The highest BCUT2D eigenvalue weighted by Crippen LogP contribution is 2.46. The Labute approximate surface area is 175 Å². The smallest absolute Gasteiger partial charge is 0.496 e. The van der Waals surface area contributed by atoms with Gasteiger partial charge >= 0.3 is 6.36 Å². The molecule has 3 rings (SSSR count). The second kappa shape index (κ2) is 8.59. The number of hydrogen-bond donors (Lipinski definition) is 0. The summed E-state index contributed by atoms with van der Waals surface area (Å²) < 4.78 is 65.9. The number of methoxy groups -OCH3 is 2. The van der Waals surface area contributed by atoms with E-state index in [1.54, 1.807) is 12.1 Å². The molecule has 1 amide bonds. The number of carbonyl (C=O) groups excluding carboxylic acids is 1. The Morgan fingerprint density at radius 3 is 2.33 bits per heavy atom. The van der Waals surface area contributed by atoms with E-state index in [0.29, 0.717) is 16.9 Å². The van der Waals surface area contributed by atoms with Crippen LogP contribution < -0.4 is 14.2 Å². The van der Waals surface area contributed by atoms with Gasteiger partial charge < -0.3 is 19.1 Å². The molecule has 0 saturated carbocycles. The van der Waals surface area contributed by atoms with Gasteiger partial charge in [0.2, 0.25) is 0 Å². The van der Waals surface area contributed by atoms with Crippen molar-refractivity contribution in [2.24, 2.45) is 0 Å². The largest absolute Gasteiger partial charge is 0.573 e. The van der Waals surface area contributed by atoms with E-state index >= 15 is 0 Å². The number of nitrogens with zero attached hydrogens (tertiary/aromatic N) is 1. The highest BCUT2D eigenvalue weighted by Gasteiger charge is 2.43. The van der Waals surface area contributed by atoms with Crippen molar-refractivity contribution in [3.8, 4) is 17.2 Å². The first-order valence-electron chi connectivity index (χ1n) is 8.84. The van der Waals surface area contributed by atoms with Crippen molar-refractivity contribution in [3.63, 3.8) is 0 Å². The minimum Gasteiger partial charge on any atom is -0.496 e. The maximum Gasteiger partial charge on any atom is 0.573 e. The van der Waals surface area contributed by atoms with Crippen LogP contribution in [0.3, 0.4) is 0 Å². The first-order chi connectivity index (χ1) is 14.1. The van der Waals surface area contributed by atoms with Gasteiger partial charge in [0.15, 0.2) is 6.17 Å². The zero-order valence-corrected chi connectivity index (χ0v) is 16.8. The summed E-state index contributed by atoms with van der Waals surface area (Å²) in [6, 6.07) is 7.44. The van der Waals surface area contributed by atoms with E-state index in [1.807, 2.05) is 0 Å². The summed E-state index contributed by atoms with van der Waals surface area (Å²) in [6.07, 6.45) is -6.68. The van der Waals surface area contributed by atoms with Gasteiger partial charge in [0.25, 0.3) is 5.91 Å². The molecule has 1 saturated heterocycles. The molecule has 10 heteroatoms. The second-order valence-electron chi connectivity index (χ2n) is 6.57. The first-order valence-corrected chi connectivity index (χ1v) is 9.22. The fourth-order valence-corrected chi connectivity index (χ4v) is 3.71. The number of likely N-dealkylation sites (tertiary alicyclic amines) is 1. The van der Waals surface area contributed by atoms with Crippen LogP contribution >= 0.6 is 11.6 Å². The third kappa shape index (κ3) is 4.56. The fourth-order valence-electron chi connectivity index (χ4n) is 3.47. The van der Waals surface area contributed by atoms with E-state index in [-0.39, 0.29) is 23.7 Å². The zero-order valence-electron chi connectivity index (χ0n) is 16.0. The van der Waals surface area contributed by atoms with Crippen molar-refractivity contribution < 1.29 is 36.6 Å². The van der Waals surface area contributed by atoms with Crippen LogP contribution in [0, 0.1) is 0 Å². The fraction of sp³-hybridized carbons (Fsp3) is 0.350. The summed E-state index contributed by atoms with van der Waals surface area (Å²) in [7, 11) is 2.83. The third-order valence-electron chi connectivity index (χ3n) is 4.73. The van der Waals surface area contributed by atoms with Crippen molar-refractivity contribution in [1.82, 2.24) is 4.90 Å². The molecule has 0 aromatic heterocycles. The molecular formula is C20H18ClF4NO4. The van der Waals surface area contributed by atoms with Crippen LogP contribution in [0.15, 0.2) is 36.4 Å². The average Bonchev–Trinajstić information content (AvgIpc) is 2.96. The van der Waals surface area contributed by atoms with E-state index in [0.717, 1.165) is 12.1 Å². The molecule has 2 atom stereocenters. The van der Waals surface area contributed by atoms with Crippen molar-refractivity contribution in [2.75, 3.05) is 14.2 Å². The zero-order chi connectivity index (χ0) is 22.1. The Kier molecular flexibility index (Phi) is 6.30. The van der Waals surface area contributed by atoms with Crippen LogP contribution in [0.5, 0.6) is 17.2 Å². The minimum absolute atomic E-state index is 0.0327. The SMILES string of the molecule is COc1ccc(Cl)c(OC)c1[C@@H]1C[C@H](F)C(=O)N1Cc1ccc(OC(F)(F)F)cc1. The van der Waals surface area contributed by atoms with Crippen LogP contribution in [-0.2, 0) is 11.3 Å². The lowest BCUT2D eigenvalue weighted by molar-refractivity contribution is -0.274. The van der Waals surface area contributed by atoms with Gasteiger partial charge in [-0.2, -0.15) is 0 Å². The molecule has 30 heavy (non-hydrogen) atoms. The summed E-state index contributed by atoms with van der Waals surface area (Å²) in [5.41, 5.74) is 0.926. The van der Waals surface area contributed by atoms with Gasteiger partial charge in [0.05, 0.1) is 30.8 Å². The van der Waals surface area contributed by atoms with Crippen LogP contribution in [0.25, 0.3) is 0 Å². The van der Waals surface area contributed by atoms with Crippen LogP contribution in [-0.4, -0.2) is 37.6 Å². The molecule has 1 aliphatic rings. The van der Waals surface area contributed by atoms with Gasteiger partial charge in [-0.15, -0.1) is 13.2 Å². The summed E-state index contributed by atoms with van der Waals surface area (Å²) >= 11 is 6.20. The highest BCUT2D eigenvalue weighted by atomic mass is 35.5. The number of benzene rings is 2. The van der Waals surface area contributed by atoms with E-state index in [1.165, 1.54) is 31.3 Å². The quantitative estimate of drug-likeness (QED) is 0.580. The lowest BCUT2D eigenvalue weighted by Gasteiger charge is -2.28. The highest BCUT2D eigenvalue weighted by molar-refractivity contribution is 6.32. The Bertz CT molecular complexity index is 920. The first kappa shape index (κ1) is 22.0. The van der Waals surface area contributed by atoms with E-state index in [9.17, 15) is 22.4 Å². The molecule has 1 heterocycles. The number of hydrogen-bond acceptors (Lipinski definition) is 4. The molecule has 162 valence electrons. The van der Waals surface area contributed by atoms with Crippen LogP contribution in [0.2, 0.25) is 5.02 Å². The van der Waals surface area contributed by atoms with Crippen molar-refractivity contribution in [3.05, 3.63) is 52.5 Å². The molecule has 0 spiro atoms. The van der Waals surface area contributed by atoms with E-state index < -0.39 is 30.2 Å². The minimum atomic E-state index is -4.81. The average molecular weight is 448 g/mol. The topological polar surface area (TPSA) is 48.0 Å². The van der Waals surface area contributed by atoms with Crippen molar-refractivity contribution in [1.29, 1.82) is 0 Å². The van der Waals surface area contributed by atoms with Gasteiger partial charge in [-0.05, 0) is 29.8 Å². The normalized spacial score (nSPS) is 19.2. The molecule has 0 bridgehead atoms. The van der Waals surface area contributed by atoms with Crippen molar-refractivity contribution in [2.45, 2.75) is 31.5 Å². The number of halogens is 5. The van der Waals surface area contributed by atoms with E-state index in [4.69, 9.17) is 21.1 Å². The second-order valence-corrected chi connectivity index (χ2v) is 6.98. The third-order valence-corrected chi connectivity index (χ3v) is 5.03. The van der Waals surface area contributed by atoms with Gasteiger partial charge in [-0.1, -0.05) is 23.7 Å². The monoisotopic (exact) mass is 447 g/mol. The Balaban J connectivity index is 1.92. The van der Waals surface area contributed by atoms with Gasteiger partial charge in [0, 0.05) is 13.0 Å². The molecule has 2 aromatic carbocycles. The van der Waals surface area contributed by atoms with Gasteiger partial charge in [0.1, 0.15) is 17.2 Å². The molecule has 0 aliphatic carbocycles. The number of carbonyl (C=O) groups is 1. The molecule has 0 radical (unpaired) electrons. The van der Waals surface area contributed by atoms with Crippen molar-refractivity contribution >= 4 is 17.5 Å². The molecule has 1 aliphatic heterocycles. The summed E-state index contributed by atoms with van der Waals surface area (Å²) in [6.45, 7) is -0.0327. The summed E-state index contributed by atoms with van der Waals surface area (Å²) in [5, 5.41) is 0.275. The standard InChI is InChI=1S/C20H18ClF4NO4/c1-28-16-8-7-13(21)18(29-2)17(16)15-9-14(22)19(27)26(15)10-11-3-5-12(6-4-11)30-20(23,24)25/h3-8,14-15H,9-10H2,1-2H3/t14-,15-/m0/s1. The molecular weight excluding hydrogens is 430 g/mol. The summed E-state index contributed by atoms with van der Waals surface area (Å²) in [5.74, 6) is -0.485. The van der Waals surface area contributed by atoms with Gasteiger partial charge in [-0.3, -0.25) is 4.79 Å². The number of rotatable bonds is 6. The number of ether oxygens (including phenoxy) is 3. The predicted molar refractivity (Wildman–Crippen MR) is 100 cm³/mol. The molecule has 5 nitrogen and oxygen atoms in total. The number of amides is 1. The summed E-state index contributed by atoms with van der Waals surface area (Å²) in [4.78, 5) is 13.8. The van der Waals surface area contributed by atoms with Crippen LogP contribution in [0.4, 0.5) is 17.6 Å². The van der Waals surface area contributed by atoms with E-state index in [2.05, 4.69) is 4.74 Å². The van der Waals surface area contributed by atoms with Gasteiger partial charge in [-0.25, -0.2) is 4.39 Å². The van der Waals surface area contributed by atoms with Crippen LogP contribution in [0.1, 0.15) is 23.6 Å². The Morgan fingerprint density at radius 1 is 1.10 bits per heavy atom. The Hall–Kier alpha value is -2.68. The maximum absolute atomic E-state index is 14.4.